The lowest BCUT2D eigenvalue weighted by molar-refractivity contribution is -0.136. The molecule has 6 nitrogen and oxygen atoms in total. The molecular formula is C20H21N3O3. The van der Waals surface area contributed by atoms with Crippen LogP contribution in [0.3, 0.4) is 0 Å². The molecule has 134 valence electrons. The van der Waals surface area contributed by atoms with Gasteiger partial charge in [0.2, 0.25) is 0 Å². The summed E-state index contributed by atoms with van der Waals surface area (Å²) in [6.45, 7) is 4.17. The van der Waals surface area contributed by atoms with Crippen LogP contribution in [0.25, 0.3) is 6.08 Å². The van der Waals surface area contributed by atoms with Crippen molar-refractivity contribution in [3.05, 3.63) is 66.2 Å². The van der Waals surface area contributed by atoms with E-state index in [2.05, 4.69) is 15.8 Å². The number of nitrogens with one attached hydrogen (secondary N) is 2. The number of anilines is 1. The molecule has 6 heteroatoms. The Balaban J connectivity index is 1.86. The lowest BCUT2D eigenvalue weighted by Gasteiger charge is -2.06. The van der Waals surface area contributed by atoms with Crippen molar-refractivity contribution in [3.8, 4) is 5.75 Å². The molecule has 0 saturated heterocycles. The van der Waals surface area contributed by atoms with Crippen LogP contribution in [-0.4, -0.2) is 24.1 Å². The third-order valence-electron chi connectivity index (χ3n) is 3.28. The van der Waals surface area contributed by atoms with Gasteiger partial charge in [0, 0.05) is 5.69 Å². The van der Waals surface area contributed by atoms with Gasteiger partial charge >= 0.3 is 11.8 Å². The van der Waals surface area contributed by atoms with Crippen molar-refractivity contribution >= 4 is 29.3 Å². The molecule has 0 atom stereocenters. The molecule has 2 N–H and O–H groups in total. The third-order valence-corrected chi connectivity index (χ3v) is 3.28. The van der Waals surface area contributed by atoms with Gasteiger partial charge in [0.05, 0.1) is 12.3 Å². The predicted octanol–water partition coefficient (Wildman–Crippen LogP) is 3.23. The van der Waals surface area contributed by atoms with Crippen molar-refractivity contribution in [1.29, 1.82) is 0 Å². The second-order valence-electron chi connectivity index (χ2n) is 5.35. The Bertz CT molecular complexity index is 797. The molecule has 2 rings (SSSR count). The highest BCUT2D eigenvalue weighted by atomic mass is 16.5. The molecule has 0 aliphatic rings. The Morgan fingerprint density at radius 3 is 2.38 bits per heavy atom. The van der Waals surface area contributed by atoms with Crippen LogP contribution in [0.1, 0.15) is 19.4 Å². The standard InChI is InChI=1S/C20H21N3O3/c1-3-26-18-13-11-17(12-14-18)21-19(24)20(25)23-22-15(2)9-10-16-7-5-4-6-8-16/h4-14H,3H2,1-2H3,(H,21,24)(H,23,25)/b10-9+,22-15+. The van der Waals surface area contributed by atoms with E-state index in [1.807, 2.05) is 43.3 Å². The van der Waals surface area contributed by atoms with Crippen LogP contribution >= 0.6 is 0 Å². The topological polar surface area (TPSA) is 79.8 Å². The maximum atomic E-state index is 11.9. The minimum Gasteiger partial charge on any atom is -0.494 e. The van der Waals surface area contributed by atoms with Gasteiger partial charge in [-0.15, -0.1) is 0 Å². The summed E-state index contributed by atoms with van der Waals surface area (Å²) in [4.78, 5) is 23.7. The fourth-order valence-corrected chi connectivity index (χ4v) is 2.00. The number of hydrazone groups is 1. The molecule has 0 bridgehead atoms. The summed E-state index contributed by atoms with van der Waals surface area (Å²) < 4.78 is 5.32. The van der Waals surface area contributed by atoms with E-state index in [4.69, 9.17) is 4.74 Å². The molecule has 2 aromatic rings. The zero-order chi connectivity index (χ0) is 18.8. The van der Waals surface area contributed by atoms with E-state index >= 15 is 0 Å². The normalized spacial score (nSPS) is 11.2. The zero-order valence-corrected chi connectivity index (χ0v) is 14.7. The highest BCUT2D eigenvalue weighted by Crippen LogP contribution is 2.15. The van der Waals surface area contributed by atoms with Crippen LogP contribution in [0.2, 0.25) is 0 Å². The Morgan fingerprint density at radius 1 is 1.04 bits per heavy atom. The molecule has 0 aliphatic carbocycles. The van der Waals surface area contributed by atoms with Crippen molar-refractivity contribution in [2.45, 2.75) is 13.8 Å². The van der Waals surface area contributed by atoms with Crippen LogP contribution in [0.5, 0.6) is 5.75 Å². The highest BCUT2D eigenvalue weighted by Gasteiger charge is 2.12. The number of benzene rings is 2. The molecule has 2 aromatic carbocycles. The second-order valence-corrected chi connectivity index (χ2v) is 5.35. The van der Waals surface area contributed by atoms with Gasteiger partial charge in [-0.2, -0.15) is 5.10 Å². The van der Waals surface area contributed by atoms with Crippen molar-refractivity contribution in [3.63, 3.8) is 0 Å². The average Bonchev–Trinajstić information content (AvgIpc) is 2.67. The fourth-order valence-electron chi connectivity index (χ4n) is 2.00. The molecule has 0 unspecified atom stereocenters. The van der Waals surface area contributed by atoms with E-state index in [1.54, 1.807) is 37.3 Å². The predicted molar refractivity (Wildman–Crippen MR) is 103 cm³/mol. The number of hydrogen-bond donors (Lipinski definition) is 2. The summed E-state index contributed by atoms with van der Waals surface area (Å²) >= 11 is 0. The molecule has 0 spiro atoms. The van der Waals surface area contributed by atoms with Crippen LogP contribution in [-0.2, 0) is 9.59 Å². The first-order chi connectivity index (χ1) is 12.6. The zero-order valence-electron chi connectivity index (χ0n) is 14.7. The summed E-state index contributed by atoms with van der Waals surface area (Å²) in [5, 5.41) is 6.39. The molecule has 0 aliphatic heterocycles. The van der Waals surface area contributed by atoms with Gasteiger partial charge < -0.3 is 10.1 Å². The van der Waals surface area contributed by atoms with Crippen molar-refractivity contribution in [2.24, 2.45) is 5.10 Å². The Hall–Kier alpha value is -3.41. The average molecular weight is 351 g/mol. The Kier molecular flexibility index (Phi) is 7.12. The molecule has 26 heavy (non-hydrogen) atoms. The number of rotatable bonds is 6. The number of amides is 2. The van der Waals surface area contributed by atoms with E-state index in [9.17, 15) is 9.59 Å². The quantitative estimate of drug-likeness (QED) is 0.476. The van der Waals surface area contributed by atoms with Gasteiger partial charge in [-0.05, 0) is 49.8 Å². The molecular weight excluding hydrogens is 330 g/mol. The van der Waals surface area contributed by atoms with Gasteiger partial charge in [0.15, 0.2) is 0 Å². The summed E-state index contributed by atoms with van der Waals surface area (Å²) in [6.07, 6.45) is 3.62. The maximum Gasteiger partial charge on any atom is 0.329 e. The van der Waals surface area contributed by atoms with Gasteiger partial charge in [-0.1, -0.05) is 36.4 Å². The Morgan fingerprint density at radius 2 is 1.73 bits per heavy atom. The highest BCUT2D eigenvalue weighted by molar-refractivity contribution is 6.39. The van der Waals surface area contributed by atoms with Crippen LogP contribution in [0.4, 0.5) is 5.69 Å². The summed E-state index contributed by atoms with van der Waals surface area (Å²) in [7, 11) is 0. The molecule has 0 aromatic heterocycles. The van der Waals surface area contributed by atoms with Crippen molar-refractivity contribution in [1.82, 2.24) is 5.43 Å². The number of carbonyl (C=O) groups is 2. The molecule has 0 fully saturated rings. The van der Waals surface area contributed by atoms with E-state index in [1.165, 1.54) is 0 Å². The molecule has 2 amide bonds. The summed E-state index contributed by atoms with van der Waals surface area (Å²) in [5.74, 6) is -0.940. The first-order valence-corrected chi connectivity index (χ1v) is 8.20. The summed E-state index contributed by atoms with van der Waals surface area (Å²) in [6, 6.07) is 16.4. The van der Waals surface area contributed by atoms with E-state index in [0.29, 0.717) is 23.8 Å². The van der Waals surface area contributed by atoms with Crippen LogP contribution in [0, 0.1) is 0 Å². The van der Waals surface area contributed by atoms with Gasteiger partial charge in [-0.3, -0.25) is 9.59 Å². The first-order valence-electron chi connectivity index (χ1n) is 8.20. The largest absolute Gasteiger partial charge is 0.494 e. The summed E-state index contributed by atoms with van der Waals surface area (Å²) in [5.41, 5.74) is 4.31. The minimum atomic E-state index is -0.841. The van der Waals surface area contributed by atoms with Gasteiger partial charge in [0.25, 0.3) is 0 Å². The lowest BCUT2D eigenvalue weighted by atomic mass is 10.2. The van der Waals surface area contributed by atoms with Gasteiger partial charge in [-0.25, -0.2) is 5.43 Å². The van der Waals surface area contributed by atoms with E-state index in [-0.39, 0.29) is 0 Å². The van der Waals surface area contributed by atoms with Crippen molar-refractivity contribution < 1.29 is 14.3 Å². The number of nitrogens with zero attached hydrogens (tertiary/aromatic N) is 1. The lowest BCUT2D eigenvalue weighted by Crippen LogP contribution is -2.32. The molecule has 0 saturated carbocycles. The monoisotopic (exact) mass is 351 g/mol. The third kappa shape index (κ3) is 6.24. The SMILES string of the molecule is CCOc1ccc(NC(=O)C(=O)N/N=C(C)/C=C/c2ccccc2)cc1. The Labute approximate surface area is 152 Å². The smallest absolute Gasteiger partial charge is 0.329 e. The van der Waals surface area contributed by atoms with Crippen LogP contribution < -0.4 is 15.5 Å². The molecule has 0 radical (unpaired) electrons. The van der Waals surface area contributed by atoms with Crippen molar-refractivity contribution in [2.75, 3.05) is 11.9 Å². The molecule has 0 heterocycles. The van der Waals surface area contributed by atoms with Gasteiger partial charge in [0.1, 0.15) is 5.75 Å². The number of ether oxygens (including phenoxy) is 1. The van der Waals surface area contributed by atoms with Crippen LogP contribution in [0.15, 0.2) is 65.8 Å². The fraction of sp³-hybridized carbons (Fsp3) is 0.150. The number of allylic oxidation sites excluding steroid dienone is 1. The van der Waals surface area contributed by atoms with E-state index < -0.39 is 11.8 Å². The second kappa shape index (κ2) is 9.78. The number of carbonyl (C=O) groups excluding carboxylic acids is 2. The number of hydrogen-bond acceptors (Lipinski definition) is 4. The van der Waals surface area contributed by atoms with E-state index in [0.717, 1.165) is 5.56 Å². The minimum absolute atomic E-state index is 0.498. The first kappa shape index (κ1) is 18.9. The maximum absolute atomic E-state index is 11.9.